The fraction of sp³-hybridized carbons (Fsp3) is 0.684. The van der Waals surface area contributed by atoms with Gasteiger partial charge in [-0.05, 0) is 52.2 Å². The van der Waals surface area contributed by atoms with E-state index in [1.54, 1.807) is 0 Å². The number of aryl methyl sites for hydroxylation is 1. The number of anilines is 1. The van der Waals surface area contributed by atoms with E-state index in [0.717, 1.165) is 6.54 Å². The summed E-state index contributed by atoms with van der Waals surface area (Å²) in [5, 5.41) is 3.65. The second-order valence-corrected chi connectivity index (χ2v) is 7.49. The largest absolute Gasteiger partial charge is 0.371 e. The van der Waals surface area contributed by atoms with E-state index in [0.29, 0.717) is 0 Å². The van der Waals surface area contributed by atoms with E-state index in [9.17, 15) is 0 Å². The average Bonchev–Trinajstić information content (AvgIpc) is 2.36. The molecule has 1 saturated heterocycles. The summed E-state index contributed by atoms with van der Waals surface area (Å²) in [5.41, 5.74) is 4.42. The Labute approximate surface area is 130 Å². The number of rotatable bonds is 3. The summed E-state index contributed by atoms with van der Waals surface area (Å²) in [4.78, 5) is 2.61. The van der Waals surface area contributed by atoms with Gasteiger partial charge in [0.25, 0.3) is 0 Å². The van der Waals surface area contributed by atoms with E-state index in [1.807, 2.05) is 0 Å². The highest BCUT2D eigenvalue weighted by atomic mass is 15.1. The zero-order chi connectivity index (χ0) is 15.3. The molecule has 0 amide bonds. The Balaban J connectivity index is 2.16. The van der Waals surface area contributed by atoms with Crippen LogP contribution in [0.4, 0.5) is 5.69 Å². The number of hydrogen-bond acceptors (Lipinski definition) is 2. The molecule has 0 spiro atoms. The summed E-state index contributed by atoms with van der Waals surface area (Å²) in [6, 6.07) is 6.94. The third-order valence-corrected chi connectivity index (χ3v) is 4.24. The van der Waals surface area contributed by atoms with Crippen molar-refractivity contribution in [2.75, 3.05) is 18.0 Å². The molecule has 1 fully saturated rings. The van der Waals surface area contributed by atoms with Gasteiger partial charge in [0, 0.05) is 30.9 Å². The van der Waals surface area contributed by atoms with Gasteiger partial charge >= 0.3 is 0 Å². The van der Waals surface area contributed by atoms with Crippen LogP contribution in [0, 0.1) is 6.92 Å². The van der Waals surface area contributed by atoms with Crippen molar-refractivity contribution in [1.82, 2.24) is 5.32 Å². The molecular formula is C19H32N2. The van der Waals surface area contributed by atoms with Gasteiger partial charge < -0.3 is 10.2 Å². The minimum atomic E-state index is 0.164. The standard InChI is InChI=1S/C19H32N2/c1-16-10-11-18(17(14-16)15-20-19(2,3)4)21-12-8-6-5-7-9-13-21/h10-11,14,20H,5-9,12-13,15H2,1-4H3. The van der Waals surface area contributed by atoms with Gasteiger partial charge in [-0.3, -0.25) is 0 Å². The Morgan fingerprint density at radius 1 is 1.00 bits per heavy atom. The van der Waals surface area contributed by atoms with Crippen LogP contribution in [0.1, 0.15) is 64.0 Å². The Morgan fingerprint density at radius 3 is 2.24 bits per heavy atom. The molecule has 21 heavy (non-hydrogen) atoms. The Hall–Kier alpha value is -1.02. The van der Waals surface area contributed by atoms with Gasteiger partial charge in [0.05, 0.1) is 0 Å². The van der Waals surface area contributed by atoms with Gasteiger partial charge in [0.2, 0.25) is 0 Å². The molecule has 0 aromatic heterocycles. The van der Waals surface area contributed by atoms with Crippen LogP contribution in [0.25, 0.3) is 0 Å². The quantitative estimate of drug-likeness (QED) is 0.870. The second kappa shape index (κ2) is 7.31. The molecule has 2 nitrogen and oxygen atoms in total. The Morgan fingerprint density at radius 2 is 1.62 bits per heavy atom. The SMILES string of the molecule is Cc1ccc(N2CCCCCCC2)c(CNC(C)(C)C)c1. The molecule has 0 aliphatic carbocycles. The lowest BCUT2D eigenvalue weighted by Gasteiger charge is -2.30. The van der Waals surface area contributed by atoms with Gasteiger partial charge in [-0.2, -0.15) is 0 Å². The fourth-order valence-corrected chi connectivity index (χ4v) is 3.01. The maximum absolute atomic E-state index is 3.65. The summed E-state index contributed by atoms with van der Waals surface area (Å²) in [6.45, 7) is 12.3. The van der Waals surface area contributed by atoms with Crippen LogP contribution in [-0.2, 0) is 6.54 Å². The van der Waals surface area contributed by atoms with Crippen LogP contribution in [0.15, 0.2) is 18.2 Å². The maximum Gasteiger partial charge on any atom is 0.0412 e. The lowest BCUT2D eigenvalue weighted by molar-refractivity contribution is 0.424. The first-order chi connectivity index (χ1) is 9.96. The summed E-state index contributed by atoms with van der Waals surface area (Å²) >= 11 is 0. The zero-order valence-corrected chi connectivity index (χ0v) is 14.3. The maximum atomic E-state index is 3.65. The molecule has 2 heteroatoms. The molecule has 1 heterocycles. The molecule has 0 saturated carbocycles. The number of nitrogens with one attached hydrogen (secondary N) is 1. The molecule has 1 aliphatic rings. The van der Waals surface area contributed by atoms with Crippen LogP contribution in [0.3, 0.4) is 0 Å². The van der Waals surface area contributed by atoms with E-state index >= 15 is 0 Å². The number of hydrogen-bond donors (Lipinski definition) is 1. The van der Waals surface area contributed by atoms with Gasteiger partial charge in [0.15, 0.2) is 0 Å². The van der Waals surface area contributed by atoms with Crippen molar-refractivity contribution in [3.8, 4) is 0 Å². The molecule has 0 radical (unpaired) electrons. The lowest BCUT2D eigenvalue weighted by atomic mass is 10.0. The molecule has 1 aliphatic heterocycles. The van der Waals surface area contributed by atoms with Crippen molar-refractivity contribution in [1.29, 1.82) is 0 Å². The minimum absolute atomic E-state index is 0.164. The molecule has 1 N–H and O–H groups in total. The van der Waals surface area contributed by atoms with E-state index in [1.165, 1.54) is 62.0 Å². The van der Waals surface area contributed by atoms with Crippen LogP contribution < -0.4 is 10.2 Å². The Kier molecular flexibility index (Phi) is 5.69. The van der Waals surface area contributed by atoms with Crippen LogP contribution in [0.2, 0.25) is 0 Å². The molecule has 2 rings (SSSR count). The van der Waals surface area contributed by atoms with Crippen molar-refractivity contribution in [2.24, 2.45) is 0 Å². The topological polar surface area (TPSA) is 15.3 Å². The van der Waals surface area contributed by atoms with Crippen molar-refractivity contribution in [3.05, 3.63) is 29.3 Å². The first kappa shape index (κ1) is 16.4. The highest BCUT2D eigenvalue weighted by Gasteiger charge is 2.15. The van der Waals surface area contributed by atoms with Gasteiger partial charge in [0.1, 0.15) is 0 Å². The van der Waals surface area contributed by atoms with Gasteiger partial charge in [-0.15, -0.1) is 0 Å². The first-order valence-electron chi connectivity index (χ1n) is 8.55. The molecule has 0 atom stereocenters. The zero-order valence-electron chi connectivity index (χ0n) is 14.3. The summed E-state index contributed by atoms with van der Waals surface area (Å²) in [7, 11) is 0. The second-order valence-electron chi connectivity index (χ2n) is 7.49. The van der Waals surface area contributed by atoms with Crippen LogP contribution in [0.5, 0.6) is 0 Å². The predicted molar refractivity (Wildman–Crippen MR) is 93.1 cm³/mol. The minimum Gasteiger partial charge on any atom is -0.371 e. The third kappa shape index (κ3) is 5.35. The van der Waals surface area contributed by atoms with E-state index in [2.05, 4.69) is 56.1 Å². The van der Waals surface area contributed by atoms with Gasteiger partial charge in [-0.25, -0.2) is 0 Å². The van der Waals surface area contributed by atoms with Crippen molar-refractivity contribution < 1.29 is 0 Å². The third-order valence-electron chi connectivity index (χ3n) is 4.24. The molecule has 1 aromatic rings. The van der Waals surface area contributed by atoms with Crippen molar-refractivity contribution in [3.63, 3.8) is 0 Å². The van der Waals surface area contributed by atoms with E-state index < -0.39 is 0 Å². The number of nitrogens with zero attached hydrogens (tertiary/aromatic N) is 1. The summed E-state index contributed by atoms with van der Waals surface area (Å²) < 4.78 is 0. The van der Waals surface area contributed by atoms with Crippen LogP contribution >= 0.6 is 0 Å². The normalized spacial score (nSPS) is 17.4. The number of benzene rings is 1. The molecular weight excluding hydrogens is 256 g/mol. The van der Waals surface area contributed by atoms with Crippen LogP contribution in [-0.4, -0.2) is 18.6 Å². The molecule has 118 valence electrons. The smallest absolute Gasteiger partial charge is 0.0412 e. The predicted octanol–water partition coefficient (Wildman–Crippen LogP) is 4.65. The first-order valence-corrected chi connectivity index (χ1v) is 8.55. The average molecular weight is 288 g/mol. The highest BCUT2D eigenvalue weighted by Crippen LogP contribution is 2.25. The summed E-state index contributed by atoms with van der Waals surface area (Å²) in [5.74, 6) is 0. The molecule has 1 aromatic carbocycles. The summed E-state index contributed by atoms with van der Waals surface area (Å²) in [6.07, 6.45) is 6.86. The molecule has 0 bridgehead atoms. The van der Waals surface area contributed by atoms with E-state index in [4.69, 9.17) is 0 Å². The highest BCUT2D eigenvalue weighted by molar-refractivity contribution is 5.55. The Bertz CT molecular complexity index is 437. The van der Waals surface area contributed by atoms with Crippen molar-refractivity contribution >= 4 is 5.69 Å². The fourth-order valence-electron chi connectivity index (χ4n) is 3.01. The van der Waals surface area contributed by atoms with E-state index in [-0.39, 0.29) is 5.54 Å². The monoisotopic (exact) mass is 288 g/mol. The van der Waals surface area contributed by atoms with Crippen molar-refractivity contribution in [2.45, 2.75) is 71.9 Å². The lowest BCUT2D eigenvalue weighted by Crippen LogP contribution is -2.36. The molecule has 0 unspecified atom stereocenters. The van der Waals surface area contributed by atoms with Gasteiger partial charge in [-0.1, -0.05) is 37.0 Å².